The molecule has 1 rings (SSSR count). The molecular weight excluding hydrogens is 100 g/mol. The topological polar surface area (TPSA) is 9.23 Å². The second-order valence-electron chi connectivity index (χ2n) is 3.38. The molecule has 0 aromatic heterocycles. The number of hydrogen-bond acceptors (Lipinski definition) is 1. The predicted octanol–water partition coefficient (Wildman–Crippen LogP) is 1.82. The maximum absolute atomic E-state index is 5.45. The van der Waals surface area contributed by atoms with Crippen LogP contribution in [-0.2, 0) is 4.74 Å². The quantitative estimate of drug-likeness (QED) is 0.466. The molecule has 0 unspecified atom stereocenters. The third kappa shape index (κ3) is 1.22. The third-order valence-electron chi connectivity index (χ3n) is 1.60. The van der Waals surface area contributed by atoms with Gasteiger partial charge in [-0.05, 0) is 26.2 Å². The molecule has 0 N–H and O–H groups in total. The zero-order chi connectivity index (χ0) is 6.20. The molecule has 0 aromatic carbocycles. The molecule has 1 heterocycles. The maximum Gasteiger partial charge on any atom is 0.0630 e. The van der Waals surface area contributed by atoms with E-state index in [1.807, 2.05) is 0 Å². The first-order valence-electron chi connectivity index (χ1n) is 3.24. The lowest BCUT2D eigenvalue weighted by Crippen LogP contribution is -2.16. The highest BCUT2D eigenvalue weighted by atomic mass is 16.5. The molecule has 1 fully saturated rings. The van der Waals surface area contributed by atoms with Crippen LogP contribution >= 0.6 is 0 Å². The SMILES string of the molecule is C[C@H]1COC(C)(C)C1. The van der Waals surface area contributed by atoms with E-state index < -0.39 is 0 Å². The molecule has 0 saturated carbocycles. The minimum atomic E-state index is 0.166. The molecule has 1 saturated heterocycles. The molecule has 1 aliphatic rings. The summed E-state index contributed by atoms with van der Waals surface area (Å²) in [6.45, 7) is 7.48. The third-order valence-corrected chi connectivity index (χ3v) is 1.60. The van der Waals surface area contributed by atoms with E-state index in [0.717, 1.165) is 12.5 Å². The minimum absolute atomic E-state index is 0.166. The van der Waals surface area contributed by atoms with E-state index in [0.29, 0.717) is 0 Å². The van der Waals surface area contributed by atoms with Gasteiger partial charge in [0.2, 0.25) is 0 Å². The lowest BCUT2D eigenvalue weighted by Gasteiger charge is -2.14. The standard InChI is InChI=1S/C7H14O/c1-6-4-7(2,3)8-5-6/h6H,4-5H2,1-3H3/t6-/m1/s1. The highest BCUT2D eigenvalue weighted by Gasteiger charge is 2.28. The fourth-order valence-electron chi connectivity index (χ4n) is 1.32. The molecule has 0 aromatic rings. The zero-order valence-electron chi connectivity index (χ0n) is 5.90. The Morgan fingerprint density at radius 3 is 2.25 bits per heavy atom. The fourth-order valence-corrected chi connectivity index (χ4v) is 1.32. The van der Waals surface area contributed by atoms with E-state index in [9.17, 15) is 0 Å². The van der Waals surface area contributed by atoms with Crippen LogP contribution in [-0.4, -0.2) is 12.2 Å². The van der Waals surface area contributed by atoms with Crippen molar-refractivity contribution in [2.45, 2.75) is 32.8 Å². The summed E-state index contributed by atoms with van der Waals surface area (Å²) in [6.07, 6.45) is 1.22. The van der Waals surface area contributed by atoms with Crippen molar-refractivity contribution in [2.24, 2.45) is 5.92 Å². The van der Waals surface area contributed by atoms with Gasteiger partial charge < -0.3 is 4.74 Å². The molecule has 8 heavy (non-hydrogen) atoms. The molecule has 0 aliphatic carbocycles. The molecule has 1 atom stereocenters. The van der Waals surface area contributed by atoms with E-state index in [1.165, 1.54) is 6.42 Å². The van der Waals surface area contributed by atoms with E-state index in [2.05, 4.69) is 20.8 Å². The zero-order valence-corrected chi connectivity index (χ0v) is 5.90. The molecule has 0 radical (unpaired) electrons. The number of ether oxygens (including phenoxy) is 1. The number of rotatable bonds is 0. The summed E-state index contributed by atoms with van der Waals surface area (Å²) in [5.74, 6) is 0.769. The largest absolute Gasteiger partial charge is 0.375 e. The van der Waals surface area contributed by atoms with Crippen molar-refractivity contribution in [3.8, 4) is 0 Å². The smallest absolute Gasteiger partial charge is 0.0630 e. The van der Waals surface area contributed by atoms with Gasteiger partial charge in [0.1, 0.15) is 0 Å². The van der Waals surface area contributed by atoms with Gasteiger partial charge in [-0.25, -0.2) is 0 Å². The van der Waals surface area contributed by atoms with Crippen molar-refractivity contribution in [1.82, 2.24) is 0 Å². The molecule has 1 nitrogen and oxygen atoms in total. The second kappa shape index (κ2) is 1.73. The summed E-state index contributed by atoms with van der Waals surface area (Å²) >= 11 is 0. The van der Waals surface area contributed by atoms with Crippen LogP contribution < -0.4 is 0 Å². The first kappa shape index (κ1) is 6.09. The Morgan fingerprint density at radius 1 is 1.50 bits per heavy atom. The van der Waals surface area contributed by atoms with Crippen LogP contribution in [0.25, 0.3) is 0 Å². The van der Waals surface area contributed by atoms with Crippen molar-refractivity contribution < 1.29 is 4.74 Å². The lowest BCUT2D eigenvalue weighted by atomic mass is 10.00. The van der Waals surface area contributed by atoms with Crippen LogP contribution in [0.3, 0.4) is 0 Å². The molecule has 1 heteroatoms. The van der Waals surface area contributed by atoms with Crippen LogP contribution in [0.1, 0.15) is 27.2 Å². The average molecular weight is 114 g/mol. The highest BCUT2D eigenvalue weighted by Crippen LogP contribution is 2.27. The van der Waals surface area contributed by atoms with Gasteiger partial charge in [-0.15, -0.1) is 0 Å². The van der Waals surface area contributed by atoms with E-state index in [-0.39, 0.29) is 5.60 Å². The summed E-state index contributed by atoms with van der Waals surface area (Å²) in [7, 11) is 0. The first-order chi connectivity index (χ1) is 3.60. The van der Waals surface area contributed by atoms with Gasteiger partial charge in [-0.2, -0.15) is 0 Å². The molecule has 0 amide bonds. The molecule has 1 aliphatic heterocycles. The highest BCUT2D eigenvalue weighted by molar-refractivity contribution is 4.77. The molecular formula is C7H14O. The van der Waals surface area contributed by atoms with E-state index in [4.69, 9.17) is 4.74 Å². The van der Waals surface area contributed by atoms with Gasteiger partial charge in [0.05, 0.1) is 5.60 Å². The first-order valence-corrected chi connectivity index (χ1v) is 3.24. The Hall–Kier alpha value is -0.0400. The minimum Gasteiger partial charge on any atom is -0.375 e. The summed E-state index contributed by atoms with van der Waals surface area (Å²) < 4.78 is 5.45. The molecule has 48 valence electrons. The van der Waals surface area contributed by atoms with Crippen molar-refractivity contribution >= 4 is 0 Å². The molecule has 0 spiro atoms. The van der Waals surface area contributed by atoms with Gasteiger partial charge in [-0.3, -0.25) is 0 Å². The summed E-state index contributed by atoms with van der Waals surface area (Å²) in [6, 6.07) is 0. The van der Waals surface area contributed by atoms with E-state index in [1.54, 1.807) is 0 Å². The van der Waals surface area contributed by atoms with Crippen LogP contribution in [0.15, 0.2) is 0 Å². The van der Waals surface area contributed by atoms with Gasteiger partial charge in [0.25, 0.3) is 0 Å². The van der Waals surface area contributed by atoms with Crippen molar-refractivity contribution in [3.05, 3.63) is 0 Å². The predicted molar refractivity (Wildman–Crippen MR) is 33.8 cm³/mol. The van der Waals surface area contributed by atoms with Gasteiger partial charge >= 0.3 is 0 Å². The number of hydrogen-bond donors (Lipinski definition) is 0. The summed E-state index contributed by atoms with van der Waals surface area (Å²) in [4.78, 5) is 0. The van der Waals surface area contributed by atoms with Gasteiger partial charge in [-0.1, -0.05) is 6.92 Å². The molecule has 0 bridgehead atoms. The van der Waals surface area contributed by atoms with Crippen LogP contribution in [0.2, 0.25) is 0 Å². The monoisotopic (exact) mass is 114 g/mol. The lowest BCUT2D eigenvalue weighted by molar-refractivity contribution is 0.0353. The van der Waals surface area contributed by atoms with E-state index >= 15 is 0 Å². The van der Waals surface area contributed by atoms with Crippen LogP contribution in [0.4, 0.5) is 0 Å². The Morgan fingerprint density at radius 2 is 2.12 bits per heavy atom. The van der Waals surface area contributed by atoms with Crippen molar-refractivity contribution in [3.63, 3.8) is 0 Å². The average Bonchev–Trinajstić information content (AvgIpc) is 1.82. The normalized spacial score (nSPS) is 35.6. The van der Waals surface area contributed by atoms with Gasteiger partial charge in [0.15, 0.2) is 0 Å². The van der Waals surface area contributed by atoms with Crippen molar-refractivity contribution in [1.29, 1.82) is 0 Å². The Bertz CT molecular complexity index is 86.4. The second-order valence-corrected chi connectivity index (χ2v) is 3.38. The maximum atomic E-state index is 5.45. The summed E-state index contributed by atoms with van der Waals surface area (Å²) in [5.41, 5.74) is 0.166. The Kier molecular flexibility index (Phi) is 1.31. The van der Waals surface area contributed by atoms with Crippen molar-refractivity contribution in [2.75, 3.05) is 6.61 Å². The summed E-state index contributed by atoms with van der Waals surface area (Å²) in [5, 5.41) is 0. The van der Waals surface area contributed by atoms with Crippen LogP contribution in [0, 0.1) is 5.92 Å². The Balaban J connectivity index is 2.44. The van der Waals surface area contributed by atoms with Gasteiger partial charge in [0, 0.05) is 6.61 Å². The van der Waals surface area contributed by atoms with Crippen LogP contribution in [0.5, 0.6) is 0 Å². The Labute approximate surface area is 51.0 Å². The fraction of sp³-hybridized carbons (Fsp3) is 1.00.